The third kappa shape index (κ3) is 5.29. The molecular weight excluding hydrogens is 466 g/mol. The van der Waals surface area contributed by atoms with Gasteiger partial charge in [0.1, 0.15) is 5.01 Å². The zero-order valence-corrected chi connectivity index (χ0v) is 19.8. The van der Waals surface area contributed by atoms with Crippen molar-refractivity contribution in [2.75, 3.05) is 31.6 Å². The van der Waals surface area contributed by atoms with Crippen molar-refractivity contribution in [1.29, 1.82) is 0 Å². The van der Waals surface area contributed by atoms with Gasteiger partial charge in [0.05, 0.1) is 23.7 Å². The third-order valence-corrected chi connectivity index (χ3v) is 8.14. The molecule has 1 fully saturated rings. The monoisotopic (exact) mass is 491 g/mol. The van der Waals surface area contributed by atoms with E-state index in [1.807, 2.05) is 0 Å². The number of aryl methyl sites for hydroxylation is 1. The van der Waals surface area contributed by atoms with Gasteiger partial charge in [0.25, 0.3) is 5.91 Å². The number of ether oxygens (including phenoxy) is 1. The molecule has 0 atom stereocenters. The van der Waals surface area contributed by atoms with Gasteiger partial charge < -0.3 is 9.72 Å². The number of aromatic nitrogens is 3. The van der Waals surface area contributed by atoms with Gasteiger partial charge in [0.15, 0.2) is 0 Å². The first-order valence-electron chi connectivity index (χ1n) is 10.8. The van der Waals surface area contributed by atoms with E-state index in [1.54, 1.807) is 0 Å². The zero-order valence-electron chi connectivity index (χ0n) is 18.2. The highest BCUT2D eigenvalue weighted by Crippen LogP contribution is 2.25. The van der Waals surface area contributed by atoms with Crippen LogP contribution in [0.15, 0.2) is 34.0 Å². The molecule has 1 aliphatic rings. The number of carbonyl (C=O) groups excluding carboxylic acids is 1. The number of benzene rings is 1. The number of nitrogens with one attached hydrogen (secondary N) is 2. The van der Waals surface area contributed by atoms with E-state index in [2.05, 4.69) is 27.4 Å². The van der Waals surface area contributed by atoms with Crippen molar-refractivity contribution in [1.82, 2.24) is 19.5 Å². The Morgan fingerprint density at radius 2 is 2.00 bits per heavy atom. The Bertz CT molecular complexity index is 1310. The first-order valence-corrected chi connectivity index (χ1v) is 13.0. The normalized spacial score (nSPS) is 15.1. The molecule has 0 radical (unpaired) electrons. The lowest BCUT2D eigenvalue weighted by atomic mass is 10.1. The van der Waals surface area contributed by atoms with Gasteiger partial charge in [-0.1, -0.05) is 31.1 Å². The standard InChI is InChI=1S/C21H25N5O5S2/c1-2-3-4-5-19-24-25-21(32-19)23-20(28)16-13-18(27)22-17-7-6-14(12-15(16)17)33(29,30)26-8-10-31-11-9-26/h6-7,12-13H,2-5,8-11H2,1H3,(H,22,27)(H,23,25,28). The molecule has 176 valence electrons. The molecule has 0 unspecified atom stereocenters. The molecule has 0 bridgehead atoms. The molecule has 3 heterocycles. The van der Waals surface area contributed by atoms with Crippen LogP contribution in [0.1, 0.15) is 41.6 Å². The van der Waals surface area contributed by atoms with Gasteiger partial charge in [-0.15, -0.1) is 10.2 Å². The van der Waals surface area contributed by atoms with E-state index >= 15 is 0 Å². The highest BCUT2D eigenvalue weighted by molar-refractivity contribution is 7.89. The van der Waals surface area contributed by atoms with E-state index in [0.717, 1.165) is 36.8 Å². The van der Waals surface area contributed by atoms with Gasteiger partial charge in [-0.05, 0) is 24.6 Å². The number of pyridine rings is 1. The predicted octanol–water partition coefficient (Wildman–Crippen LogP) is 2.39. The average Bonchev–Trinajstić information content (AvgIpc) is 3.26. The van der Waals surface area contributed by atoms with Crippen LogP contribution in [0.5, 0.6) is 0 Å². The number of morpholine rings is 1. The number of anilines is 1. The molecule has 2 aromatic heterocycles. The Morgan fingerprint density at radius 3 is 2.76 bits per heavy atom. The molecule has 4 rings (SSSR count). The Labute approximate surface area is 195 Å². The molecule has 1 aromatic carbocycles. The molecule has 1 saturated heterocycles. The van der Waals surface area contributed by atoms with Gasteiger partial charge in [-0.25, -0.2) is 8.42 Å². The number of hydrogen-bond donors (Lipinski definition) is 2. The molecule has 1 amide bonds. The minimum atomic E-state index is -3.76. The van der Waals surface area contributed by atoms with E-state index in [-0.39, 0.29) is 23.5 Å². The van der Waals surface area contributed by atoms with Crippen molar-refractivity contribution in [3.63, 3.8) is 0 Å². The molecule has 2 N–H and O–H groups in total. The largest absolute Gasteiger partial charge is 0.379 e. The maximum atomic E-state index is 13.1. The number of unbranched alkanes of at least 4 members (excludes halogenated alkanes) is 2. The first-order chi connectivity index (χ1) is 15.9. The maximum absolute atomic E-state index is 13.1. The highest BCUT2D eigenvalue weighted by Gasteiger charge is 2.27. The van der Waals surface area contributed by atoms with Crippen LogP contribution >= 0.6 is 11.3 Å². The Balaban J connectivity index is 1.63. The number of H-pyrrole nitrogens is 1. The molecule has 0 aliphatic carbocycles. The maximum Gasteiger partial charge on any atom is 0.258 e. The van der Waals surface area contributed by atoms with Crippen LogP contribution in [0.2, 0.25) is 0 Å². The fraction of sp³-hybridized carbons (Fsp3) is 0.429. The summed E-state index contributed by atoms with van der Waals surface area (Å²) in [5.74, 6) is -0.553. The summed E-state index contributed by atoms with van der Waals surface area (Å²) >= 11 is 1.29. The molecule has 0 saturated carbocycles. The second-order valence-electron chi connectivity index (χ2n) is 7.68. The third-order valence-electron chi connectivity index (χ3n) is 5.35. The highest BCUT2D eigenvalue weighted by atomic mass is 32.2. The van der Waals surface area contributed by atoms with Crippen LogP contribution in [0.4, 0.5) is 5.13 Å². The summed E-state index contributed by atoms with van der Waals surface area (Å²) in [5.41, 5.74) is -0.0319. The van der Waals surface area contributed by atoms with E-state index in [4.69, 9.17) is 4.74 Å². The lowest BCUT2D eigenvalue weighted by molar-refractivity contribution is 0.0730. The average molecular weight is 492 g/mol. The van der Waals surface area contributed by atoms with Crippen LogP contribution in [0, 0.1) is 0 Å². The van der Waals surface area contributed by atoms with E-state index in [0.29, 0.717) is 29.2 Å². The minimum absolute atomic E-state index is 0.0483. The summed E-state index contributed by atoms with van der Waals surface area (Å²) < 4.78 is 32.7. The lowest BCUT2D eigenvalue weighted by Gasteiger charge is -2.26. The van der Waals surface area contributed by atoms with Crippen LogP contribution < -0.4 is 10.9 Å². The summed E-state index contributed by atoms with van der Waals surface area (Å²) in [6.07, 6.45) is 3.98. The molecule has 33 heavy (non-hydrogen) atoms. The SMILES string of the molecule is CCCCCc1nnc(NC(=O)c2cc(=O)[nH]c3ccc(S(=O)(=O)N4CCOCC4)cc23)s1. The van der Waals surface area contributed by atoms with E-state index in [9.17, 15) is 18.0 Å². The number of carbonyl (C=O) groups is 1. The summed E-state index contributed by atoms with van der Waals surface area (Å²) in [4.78, 5) is 27.8. The van der Waals surface area contributed by atoms with Gasteiger partial charge in [-0.3, -0.25) is 14.9 Å². The quantitative estimate of drug-likeness (QED) is 0.462. The fourth-order valence-corrected chi connectivity index (χ4v) is 5.82. The molecule has 10 nitrogen and oxygen atoms in total. The number of aromatic amines is 1. The van der Waals surface area contributed by atoms with Gasteiger partial charge in [0, 0.05) is 36.5 Å². The van der Waals surface area contributed by atoms with Gasteiger partial charge in [0.2, 0.25) is 20.7 Å². The van der Waals surface area contributed by atoms with Crippen LogP contribution in [0.3, 0.4) is 0 Å². The topological polar surface area (TPSA) is 134 Å². The van der Waals surface area contributed by atoms with Crippen LogP contribution in [-0.4, -0.2) is 60.1 Å². The van der Waals surface area contributed by atoms with Crippen molar-refractivity contribution in [2.24, 2.45) is 0 Å². The Hall–Kier alpha value is -2.67. The summed E-state index contributed by atoms with van der Waals surface area (Å²) in [7, 11) is -3.76. The van der Waals surface area contributed by atoms with E-state index < -0.39 is 21.5 Å². The molecule has 1 aliphatic heterocycles. The number of nitrogens with zero attached hydrogens (tertiary/aromatic N) is 3. The smallest absolute Gasteiger partial charge is 0.258 e. The number of amides is 1. The second-order valence-corrected chi connectivity index (χ2v) is 10.7. The zero-order chi connectivity index (χ0) is 23.4. The number of sulfonamides is 1. The van der Waals surface area contributed by atoms with Crippen molar-refractivity contribution in [3.05, 3.63) is 45.2 Å². The number of fused-ring (bicyclic) bond motifs is 1. The lowest BCUT2D eigenvalue weighted by Crippen LogP contribution is -2.40. The van der Waals surface area contributed by atoms with Crippen molar-refractivity contribution >= 4 is 43.3 Å². The van der Waals surface area contributed by atoms with Gasteiger partial charge >= 0.3 is 0 Å². The Morgan fingerprint density at radius 1 is 1.21 bits per heavy atom. The summed E-state index contributed by atoms with van der Waals surface area (Å²) in [6.45, 7) is 3.30. The summed E-state index contributed by atoms with van der Waals surface area (Å²) in [6, 6.07) is 5.50. The molecule has 0 spiro atoms. The fourth-order valence-electron chi connectivity index (χ4n) is 3.61. The first kappa shape index (κ1) is 23.5. The second kappa shape index (κ2) is 10.1. The molecule has 3 aromatic rings. The minimum Gasteiger partial charge on any atom is -0.379 e. The van der Waals surface area contributed by atoms with Crippen molar-refractivity contribution in [2.45, 2.75) is 37.5 Å². The predicted molar refractivity (Wildman–Crippen MR) is 125 cm³/mol. The number of rotatable bonds is 8. The summed E-state index contributed by atoms with van der Waals surface area (Å²) in [5, 5.41) is 12.3. The van der Waals surface area contributed by atoms with E-state index in [1.165, 1.54) is 33.8 Å². The molecule has 12 heteroatoms. The van der Waals surface area contributed by atoms with Crippen LogP contribution in [-0.2, 0) is 21.2 Å². The van der Waals surface area contributed by atoms with Crippen molar-refractivity contribution in [3.8, 4) is 0 Å². The van der Waals surface area contributed by atoms with Crippen molar-refractivity contribution < 1.29 is 17.9 Å². The molecular formula is C21H25N5O5S2. The number of hydrogen-bond acceptors (Lipinski definition) is 8. The van der Waals surface area contributed by atoms with Crippen LogP contribution in [0.25, 0.3) is 10.9 Å². The Kier molecular flexibility index (Phi) is 7.17. The van der Waals surface area contributed by atoms with Gasteiger partial charge in [-0.2, -0.15) is 4.31 Å².